The minimum Gasteiger partial charge on any atom is -0.490 e. The van der Waals surface area contributed by atoms with E-state index in [1.165, 1.54) is 30.9 Å². The largest absolute Gasteiger partial charge is 0.490 e. The SMILES string of the molecule is COc1ccc(C(=O)Nc2c(C)nn(Cc3ccc(C)cc3)c2C)cc1[N+](=O)[O-]. The molecule has 0 saturated heterocycles. The number of rotatable bonds is 6. The average molecular weight is 394 g/mol. The van der Waals surface area contributed by atoms with Crippen LogP contribution in [-0.2, 0) is 6.54 Å². The van der Waals surface area contributed by atoms with Crippen LogP contribution in [0.4, 0.5) is 11.4 Å². The minimum atomic E-state index is -0.578. The van der Waals surface area contributed by atoms with E-state index in [4.69, 9.17) is 4.74 Å². The number of hydrogen-bond acceptors (Lipinski definition) is 5. The first kappa shape index (κ1) is 20.1. The fourth-order valence-electron chi connectivity index (χ4n) is 3.06. The van der Waals surface area contributed by atoms with E-state index < -0.39 is 10.8 Å². The number of amides is 1. The molecule has 1 N–H and O–H groups in total. The van der Waals surface area contributed by atoms with Crippen molar-refractivity contribution >= 4 is 17.3 Å². The Morgan fingerprint density at radius 2 is 1.86 bits per heavy atom. The van der Waals surface area contributed by atoms with E-state index in [0.717, 1.165) is 11.3 Å². The van der Waals surface area contributed by atoms with Crippen molar-refractivity contribution in [3.63, 3.8) is 0 Å². The lowest BCUT2D eigenvalue weighted by molar-refractivity contribution is -0.385. The zero-order chi connectivity index (χ0) is 21.1. The highest BCUT2D eigenvalue weighted by Gasteiger charge is 2.20. The van der Waals surface area contributed by atoms with E-state index in [1.54, 1.807) is 0 Å². The lowest BCUT2D eigenvalue weighted by atomic mass is 10.1. The molecule has 0 fully saturated rings. The Kier molecular flexibility index (Phi) is 5.63. The van der Waals surface area contributed by atoms with Crippen LogP contribution in [0, 0.1) is 30.9 Å². The first-order valence-electron chi connectivity index (χ1n) is 9.03. The summed E-state index contributed by atoms with van der Waals surface area (Å²) in [5.41, 5.74) is 4.27. The third-order valence-electron chi connectivity index (χ3n) is 4.71. The third-order valence-corrected chi connectivity index (χ3v) is 4.71. The Morgan fingerprint density at radius 1 is 1.17 bits per heavy atom. The van der Waals surface area contributed by atoms with Gasteiger partial charge in [-0.1, -0.05) is 29.8 Å². The summed E-state index contributed by atoms with van der Waals surface area (Å²) in [5.74, 6) is -0.346. The zero-order valence-electron chi connectivity index (χ0n) is 16.7. The standard InChI is InChI=1S/C21H22N4O4/c1-13-5-7-16(8-6-13)12-24-15(3)20(14(2)23-24)22-21(26)17-9-10-19(29-4)18(11-17)25(27)28/h5-11H,12H2,1-4H3,(H,22,26). The number of benzene rings is 2. The lowest BCUT2D eigenvalue weighted by Gasteiger charge is -2.08. The van der Waals surface area contributed by atoms with Gasteiger partial charge in [-0.2, -0.15) is 5.10 Å². The molecule has 29 heavy (non-hydrogen) atoms. The Bertz CT molecular complexity index is 1070. The molecule has 3 rings (SSSR count). The maximum Gasteiger partial charge on any atom is 0.311 e. The van der Waals surface area contributed by atoms with Gasteiger partial charge in [0, 0.05) is 11.6 Å². The van der Waals surface area contributed by atoms with E-state index in [2.05, 4.69) is 10.4 Å². The summed E-state index contributed by atoms with van der Waals surface area (Å²) in [6.07, 6.45) is 0. The number of methoxy groups -OCH3 is 1. The van der Waals surface area contributed by atoms with Gasteiger partial charge in [-0.05, 0) is 38.5 Å². The van der Waals surface area contributed by atoms with Gasteiger partial charge in [-0.15, -0.1) is 0 Å². The number of carbonyl (C=O) groups excluding carboxylic acids is 1. The maximum absolute atomic E-state index is 12.7. The van der Waals surface area contributed by atoms with Crippen molar-refractivity contribution in [2.75, 3.05) is 12.4 Å². The molecule has 0 unspecified atom stereocenters. The van der Waals surface area contributed by atoms with Gasteiger partial charge in [0.2, 0.25) is 0 Å². The number of nitro groups is 1. The van der Waals surface area contributed by atoms with Crippen molar-refractivity contribution in [2.45, 2.75) is 27.3 Å². The molecule has 1 aromatic heterocycles. The first-order valence-corrected chi connectivity index (χ1v) is 9.03. The number of hydrogen-bond donors (Lipinski definition) is 1. The molecule has 8 nitrogen and oxygen atoms in total. The normalized spacial score (nSPS) is 10.6. The molecule has 1 heterocycles. The van der Waals surface area contributed by atoms with Crippen LogP contribution >= 0.6 is 0 Å². The van der Waals surface area contributed by atoms with Gasteiger partial charge < -0.3 is 10.1 Å². The smallest absolute Gasteiger partial charge is 0.311 e. The van der Waals surface area contributed by atoms with E-state index in [1.807, 2.05) is 49.7 Å². The molecule has 0 atom stereocenters. The molecular weight excluding hydrogens is 372 g/mol. The van der Waals surface area contributed by atoms with E-state index in [9.17, 15) is 14.9 Å². The average Bonchev–Trinajstić information content (AvgIpc) is 2.96. The molecule has 0 aliphatic carbocycles. The number of nitrogens with zero attached hydrogens (tertiary/aromatic N) is 3. The van der Waals surface area contributed by atoms with Gasteiger partial charge >= 0.3 is 5.69 Å². The molecule has 0 saturated carbocycles. The van der Waals surface area contributed by atoms with Gasteiger partial charge in [0.1, 0.15) is 0 Å². The molecule has 0 bridgehead atoms. The van der Waals surface area contributed by atoms with Crippen molar-refractivity contribution in [3.8, 4) is 5.75 Å². The van der Waals surface area contributed by atoms with Crippen LogP contribution in [0.3, 0.4) is 0 Å². The quantitative estimate of drug-likeness (QED) is 0.503. The molecule has 3 aromatic rings. The number of nitro benzene ring substituents is 1. The molecule has 0 aliphatic heterocycles. The van der Waals surface area contributed by atoms with Crippen LogP contribution in [0.5, 0.6) is 5.75 Å². The Morgan fingerprint density at radius 3 is 2.48 bits per heavy atom. The number of aromatic nitrogens is 2. The van der Waals surface area contributed by atoms with Gasteiger partial charge in [0.15, 0.2) is 5.75 Å². The van der Waals surface area contributed by atoms with E-state index in [-0.39, 0.29) is 17.0 Å². The number of nitrogens with one attached hydrogen (secondary N) is 1. The summed E-state index contributed by atoms with van der Waals surface area (Å²) in [6, 6.07) is 12.3. The van der Waals surface area contributed by atoms with Gasteiger partial charge in [0.05, 0.1) is 35.7 Å². The van der Waals surface area contributed by atoms with Gasteiger partial charge in [-0.25, -0.2) is 0 Å². The topological polar surface area (TPSA) is 99.3 Å². The van der Waals surface area contributed by atoms with Crippen molar-refractivity contribution < 1.29 is 14.5 Å². The molecular formula is C21H22N4O4. The second-order valence-corrected chi connectivity index (χ2v) is 6.79. The minimum absolute atomic E-state index is 0.102. The highest BCUT2D eigenvalue weighted by Crippen LogP contribution is 2.28. The summed E-state index contributed by atoms with van der Waals surface area (Å²) in [5, 5.41) is 18.5. The zero-order valence-corrected chi connectivity index (χ0v) is 16.7. The molecule has 2 aromatic carbocycles. The van der Waals surface area contributed by atoms with Gasteiger partial charge in [-0.3, -0.25) is 19.6 Å². The second-order valence-electron chi connectivity index (χ2n) is 6.79. The first-order chi connectivity index (χ1) is 13.8. The Labute approximate surface area is 168 Å². The highest BCUT2D eigenvalue weighted by molar-refractivity contribution is 6.05. The molecule has 0 spiro atoms. The predicted octanol–water partition coefficient (Wildman–Crippen LogP) is 4.03. The van der Waals surface area contributed by atoms with Crippen molar-refractivity contribution in [2.24, 2.45) is 0 Å². The maximum atomic E-state index is 12.7. The molecule has 1 amide bonds. The van der Waals surface area contributed by atoms with Crippen molar-refractivity contribution in [3.05, 3.63) is 80.7 Å². The number of carbonyl (C=O) groups is 1. The third kappa shape index (κ3) is 4.26. The van der Waals surface area contributed by atoms with Crippen LogP contribution in [0.15, 0.2) is 42.5 Å². The Hall–Kier alpha value is -3.68. The molecule has 150 valence electrons. The molecule has 0 radical (unpaired) electrons. The fraction of sp³-hybridized carbons (Fsp3) is 0.238. The van der Waals surface area contributed by atoms with E-state index in [0.29, 0.717) is 17.9 Å². The lowest BCUT2D eigenvalue weighted by Crippen LogP contribution is -2.14. The summed E-state index contributed by atoms with van der Waals surface area (Å²) < 4.78 is 6.80. The monoisotopic (exact) mass is 394 g/mol. The summed E-state index contributed by atoms with van der Waals surface area (Å²) >= 11 is 0. The van der Waals surface area contributed by atoms with Crippen LogP contribution in [-0.4, -0.2) is 27.7 Å². The fourth-order valence-corrected chi connectivity index (χ4v) is 3.06. The number of anilines is 1. The highest BCUT2D eigenvalue weighted by atomic mass is 16.6. The van der Waals surface area contributed by atoms with Crippen LogP contribution in [0.2, 0.25) is 0 Å². The summed E-state index contributed by atoms with van der Waals surface area (Å²) in [6.45, 7) is 6.30. The Balaban J connectivity index is 1.84. The second kappa shape index (κ2) is 8.14. The molecule has 0 aliphatic rings. The number of ether oxygens (including phenoxy) is 1. The summed E-state index contributed by atoms with van der Waals surface area (Å²) in [4.78, 5) is 23.3. The van der Waals surface area contributed by atoms with Gasteiger partial charge in [0.25, 0.3) is 5.91 Å². The summed E-state index contributed by atoms with van der Waals surface area (Å²) in [7, 11) is 1.34. The predicted molar refractivity (Wildman–Crippen MR) is 110 cm³/mol. The van der Waals surface area contributed by atoms with Crippen molar-refractivity contribution in [1.82, 2.24) is 9.78 Å². The van der Waals surface area contributed by atoms with Crippen LogP contribution in [0.25, 0.3) is 0 Å². The van der Waals surface area contributed by atoms with Crippen LogP contribution < -0.4 is 10.1 Å². The van der Waals surface area contributed by atoms with Crippen molar-refractivity contribution in [1.29, 1.82) is 0 Å². The van der Waals surface area contributed by atoms with E-state index >= 15 is 0 Å². The molecule has 8 heteroatoms. The number of aryl methyl sites for hydroxylation is 2. The van der Waals surface area contributed by atoms with Crippen LogP contribution in [0.1, 0.15) is 32.9 Å².